The van der Waals surface area contributed by atoms with Gasteiger partial charge in [-0.25, -0.2) is 0 Å². The third kappa shape index (κ3) is 4.59. The molecule has 0 fully saturated rings. The van der Waals surface area contributed by atoms with Crippen LogP contribution in [0.25, 0.3) is 0 Å². The molecule has 88 valence electrons. The highest BCUT2D eigenvalue weighted by Gasteiger charge is 2.00. The van der Waals surface area contributed by atoms with Crippen LogP contribution in [-0.4, -0.2) is 37.1 Å². The third-order valence-corrected chi connectivity index (χ3v) is 2.50. The minimum Gasteiger partial charge on any atom is -0.497 e. The largest absolute Gasteiger partial charge is 0.497 e. The predicted octanol–water partition coefficient (Wildman–Crippen LogP) is 1.46. The average Bonchev–Trinajstić information content (AvgIpc) is 2.26. The monoisotopic (exact) mass is 238 g/mol. The van der Waals surface area contributed by atoms with Crippen molar-refractivity contribution in [2.45, 2.75) is 6.42 Å². The Kier molecular flexibility index (Phi) is 5.22. The lowest BCUT2D eigenvalue weighted by Crippen LogP contribution is -2.30. The van der Waals surface area contributed by atoms with Crippen LogP contribution >= 0.6 is 12.2 Å². The summed E-state index contributed by atoms with van der Waals surface area (Å²) in [7, 11) is 3.69. The van der Waals surface area contributed by atoms with Gasteiger partial charge in [0.15, 0.2) is 0 Å². The summed E-state index contributed by atoms with van der Waals surface area (Å²) in [5.74, 6) is 0.889. The molecule has 1 rings (SSSR count). The lowest BCUT2D eigenvalue weighted by atomic mass is 10.1. The summed E-state index contributed by atoms with van der Waals surface area (Å²) in [6.45, 7) is 1.62. The van der Waals surface area contributed by atoms with Crippen molar-refractivity contribution in [1.82, 2.24) is 4.90 Å². The fourth-order valence-electron chi connectivity index (χ4n) is 1.46. The van der Waals surface area contributed by atoms with E-state index in [-0.39, 0.29) is 0 Å². The molecule has 4 heteroatoms. The summed E-state index contributed by atoms with van der Waals surface area (Å²) < 4.78 is 5.10. The first-order valence-electron chi connectivity index (χ1n) is 5.21. The molecule has 0 amide bonds. The molecule has 0 atom stereocenters. The van der Waals surface area contributed by atoms with Crippen molar-refractivity contribution < 1.29 is 4.74 Å². The van der Waals surface area contributed by atoms with Crippen LogP contribution in [0.4, 0.5) is 0 Å². The third-order valence-electron chi connectivity index (χ3n) is 2.37. The maximum absolute atomic E-state index is 5.47. The number of hydrogen-bond donors (Lipinski definition) is 1. The van der Waals surface area contributed by atoms with E-state index in [9.17, 15) is 0 Å². The van der Waals surface area contributed by atoms with E-state index < -0.39 is 0 Å². The van der Waals surface area contributed by atoms with E-state index in [4.69, 9.17) is 22.7 Å². The summed E-state index contributed by atoms with van der Waals surface area (Å²) in [4.78, 5) is 2.66. The van der Waals surface area contributed by atoms with Gasteiger partial charge in [-0.1, -0.05) is 24.4 Å². The summed E-state index contributed by atoms with van der Waals surface area (Å²) in [6.07, 6.45) is 0.989. The molecule has 1 aromatic carbocycles. The molecular weight excluding hydrogens is 220 g/mol. The van der Waals surface area contributed by atoms with Gasteiger partial charge in [0.1, 0.15) is 5.75 Å². The van der Waals surface area contributed by atoms with Gasteiger partial charge in [-0.15, -0.1) is 0 Å². The van der Waals surface area contributed by atoms with E-state index >= 15 is 0 Å². The number of methoxy groups -OCH3 is 1. The topological polar surface area (TPSA) is 38.5 Å². The van der Waals surface area contributed by atoms with E-state index in [2.05, 4.69) is 17.0 Å². The summed E-state index contributed by atoms with van der Waals surface area (Å²) in [5.41, 5.74) is 6.76. The molecule has 0 unspecified atom stereocenters. The normalized spacial score (nSPS) is 10.4. The highest BCUT2D eigenvalue weighted by atomic mass is 32.1. The highest BCUT2D eigenvalue weighted by Crippen LogP contribution is 2.11. The Morgan fingerprint density at radius 1 is 1.38 bits per heavy atom. The minimum atomic E-state index is 0.539. The average molecular weight is 238 g/mol. The first kappa shape index (κ1) is 12.9. The fourth-order valence-corrected chi connectivity index (χ4v) is 1.68. The Hall–Kier alpha value is -1.13. The van der Waals surface area contributed by atoms with E-state index in [1.165, 1.54) is 5.56 Å². The Morgan fingerprint density at radius 3 is 2.50 bits per heavy atom. The van der Waals surface area contributed by atoms with Crippen LogP contribution in [0.3, 0.4) is 0 Å². The van der Waals surface area contributed by atoms with Crippen LogP contribution in [0.2, 0.25) is 0 Å². The number of nitrogens with two attached hydrogens (primary N) is 1. The molecule has 1 aromatic rings. The minimum absolute atomic E-state index is 0.539. The van der Waals surface area contributed by atoms with Crippen molar-refractivity contribution in [2.75, 3.05) is 27.2 Å². The molecular formula is C12H18N2OS. The first-order valence-corrected chi connectivity index (χ1v) is 5.62. The van der Waals surface area contributed by atoms with Gasteiger partial charge >= 0.3 is 0 Å². The summed E-state index contributed by atoms with van der Waals surface area (Å²) in [6, 6.07) is 8.10. The van der Waals surface area contributed by atoms with E-state index in [1.807, 2.05) is 19.2 Å². The quantitative estimate of drug-likeness (QED) is 0.761. The number of hydrogen-bond acceptors (Lipinski definition) is 3. The van der Waals surface area contributed by atoms with Crippen molar-refractivity contribution in [2.24, 2.45) is 5.73 Å². The Balaban J connectivity index is 2.39. The van der Waals surface area contributed by atoms with Crippen molar-refractivity contribution in [3.05, 3.63) is 29.8 Å². The standard InChI is InChI=1S/C12H18N2OS/c1-14(9-12(13)16)8-7-10-3-5-11(15-2)6-4-10/h3-6H,7-9H2,1-2H3,(H2,13,16). The van der Waals surface area contributed by atoms with E-state index in [1.54, 1.807) is 7.11 Å². The van der Waals surface area contributed by atoms with Gasteiger partial charge in [0, 0.05) is 13.1 Å². The van der Waals surface area contributed by atoms with Gasteiger partial charge < -0.3 is 10.5 Å². The van der Waals surface area contributed by atoms with Crippen molar-refractivity contribution >= 4 is 17.2 Å². The van der Waals surface area contributed by atoms with Crippen LogP contribution in [0.15, 0.2) is 24.3 Å². The van der Waals surface area contributed by atoms with Gasteiger partial charge in [0.2, 0.25) is 0 Å². The summed E-state index contributed by atoms with van der Waals surface area (Å²) in [5, 5.41) is 0. The molecule has 0 saturated heterocycles. The van der Waals surface area contributed by atoms with Gasteiger partial charge in [-0.2, -0.15) is 0 Å². The molecule has 0 heterocycles. The van der Waals surface area contributed by atoms with Crippen LogP contribution in [0, 0.1) is 0 Å². The lowest BCUT2D eigenvalue weighted by Gasteiger charge is -2.15. The number of benzene rings is 1. The second kappa shape index (κ2) is 6.45. The lowest BCUT2D eigenvalue weighted by molar-refractivity contribution is 0.386. The smallest absolute Gasteiger partial charge is 0.118 e. The molecule has 0 aliphatic rings. The molecule has 0 aliphatic carbocycles. The van der Waals surface area contributed by atoms with Crippen molar-refractivity contribution in [3.63, 3.8) is 0 Å². The second-order valence-electron chi connectivity index (χ2n) is 3.80. The van der Waals surface area contributed by atoms with Gasteiger partial charge in [-0.3, -0.25) is 4.90 Å². The van der Waals surface area contributed by atoms with Crippen LogP contribution in [0.5, 0.6) is 5.75 Å². The fraction of sp³-hybridized carbons (Fsp3) is 0.417. The molecule has 0 aliphatic heterocycles. The molecule has 0 saturated carbocycles. The summed E-state index contributed by atoms with van der Waals surface area (Å²) >= 11 is 4.86. The van der Waals surface area contributed by atoms with Gasteiger partial charge in [0.05, 0.1) is 12.1 Å². The number of likely N-dealkylation sites (N-methyl/N-ethyl adjacent to an activating group) is 1. The van der Waals surface area contributed by atoms with Gasteiger partial charge in [-0.05, 0) is 31.2 Å². The zero-order valence-electron chi connectivity index (χ0n) is 9.77. The first-order chi connectivity index (χ1) is 7.61. The maximum Gasteiger partial charge on any atom is 0.118 e. The van der Waals surface area contributed by atoms with Crippen molar-refractivity contribution in [3.8, 4) is 5.75 Å². The zero-order chi connectivity index (χ0) is 12.0. The van der Waals surface area contributed by atoms with Gasteiger partial charge in [0.25, 0.3) is 0 Å². The molecule has 3 nitrogen and oxygen atoms in total. The Labute approximate surface area is 102 Å². The van der Waals surface area contributed by atoms with Crippen LogP contribution < -0.4 is 10.5 Å². The Bertz CT molecular complexity index is 337. The second-order valence-corrected chi connectivity index (χ2v) is 4.33. The van der Waals surface area contributed by atoms with Crippen LogP contribution in [0.1, 0.15) is 5.56 Å². The van der Waals surface area contributed by atoms with Crippen LogP contribution in [-0.2, 0) is 6.42 Å². The molecule has 0 radical (unpaired) electrons. The van der Waals surface area contributed by atoms with E-state index in [0.717, 1.165) is 18.7 Å². The SMILES string of the molecule is COc1ccc(CCN(C)CC(N)=S)cc1. The molecule has 0 aromatic heterocycles. The molecule has 0 bridgehead atoms. The molecule has 0 spiro atoms. The predicted molar refractivity (Wildman–Crippen MR) is 71.0 cm³/mol. The highest BCUT2D eigenvalue weighted by molar-refractivity contribution is 7.80. The zero-order valence-corrected chi connectivity index (χ0v) is 10.6. The number of thiocarbonyl (C=S) groups is 1. The number of nitrogens with zero attached hydrogens (tertiary/aromatic N) is 1. The number of ether oxygens (including phenoxy) is 1. The van der Waals surface area contributed by atoms with Crippen molar-refractivity contribution in [1.29, 1.82) is 0 Å². The van der Waals surface area contributed by atoms with E-state index in [0.29, 0.717) is 11.5 Å². The Morgan fingerprint density at radius 2 is 2.00 bits per heavy atom. The molecule has 2 N–H and O–H groups in total. The molecule has 16 heavy (non-hydrogen) atoms. The number of rotatable bonds is 6. The maximum atomic E-state index is 5.47.